The molecule has 1 aliphatic carbocycles. The number of carbonyl (C=O) groups is 1. The minimum absolute atomic E-state index is 0.170. The molecule has 3 nitrogen and oxygen atoms in total. The van der Waals surface area contributed by atoms with Gasteiger partial charge in [0.05, 0.1) is 5.92 Å². The summed E-state index contributed by atoms with van der Waals surface area (Å²) >= 11 is 5.82. The largest absolute Gasteiger partial charge is 0.481 e. The Labute approximate surface area is 106 Å². The Bertz CT molecular complexity index is 404. The predicted octanol–water partition coefficient (Wildman–Crippen LogP) is 2.63. The molecule has 0 amide bonds. The van der Waals surface area contributed by atoms with Gasteiger partial charge < -0.3 is 5.11 Å². The number of carboxylic acids is 1. The van der Waals surface area contributed by atoms with Gasteiger partial charge in [0.25, 0.3) is 0 Å². The smallest absolute Gasteiger partial charge is 0.308 e. The maximum Gasteiger partial charge on any atom is 0.308 e. The molecule has 1 N–H and O–H groups in total. The topological polar surface area (TPSA) is 40.5 Å². The average Bonchev–Trinajstić information content (AvgIpc) is 2.18. The molecule has 0 bridgehead atoms. The van der Waals surface area contributed by atoms with Crippen LogP contribution in [0, 0.1) is 5.92 Å². The van der Waals surface area contributed by atoms with Gasteiger partial charge in [0.15, 0.2) is 0 Å². The first-order valence-electron chi connectivity index (χ1n) is 5.75. The van der Waals surface area contributed by atoms with E-state index >= 15 is 0 Å². The van der Waals surface area contributed by atoms with E-state index in [-0.39, 0.29) is 12.0 Å². The van der Waals surface area contributed by atoms with Crippen molar-refractivity contribution < 1.29 is 9.90 Å². The number of hydrogen-bond acceptors (Lipinski definition) is 2. The van der Waals surface area contributed by atoms with E-state index in [4.69, 9.17) is 16.7 Å². The summed E-state index contributed by atoms with van der Waals surface area (Å²) in [6, 6.07) is 7.85. The lowest BCUT2D eigenvalue weighted by atomic mass is 9.78. The Hall–Kier alpha value is -1.06. The van der Waals surface area contributed by atoms with Crippen molar-refractivity contribution >= 4 is 17.6 Å². The van der Waals surface area contributed by atoms with Crippen LogP contribution in [0.2, 0.25) is 5.02 Å². The molecule has 92 valence electrons. The molecule has 4 heteroatoms. The Morgan fingerprint density at radius 3 is 2.53 bits per heavy atom. The van der Waals surface area contributed by atoms with Crippen molar-refractivity contribution in [2.45, 2.75) is 25.4 Å². The van der Waals surface area contributed by atoms with Crippen LogP contribution in [0.5, 0.6) is 0 Å². The number of hydrogen-bond donors (Lipinski definition) is 1. The highest BCUT2D eigenvalue weighted by Crippen LogP contribution is 2.32. The second-order valence-corrected chi connectivity index (χ2v) is 5.07. The second kappa shape index (κ2) is 5.07. The molecule has 1 aromatic carbocycles. The van der Waals surface area contributed by atoms with Gasteiger partial charge in [0.2, 0.25) is 0 Å². The van der Waals surface area contributed by atoms with Crippen molar-refractivity contribution in [3.8, 4) is 0 Å². The van der Waals surface area contributed by atoms with Crippen molar-refractivity contribution in [2.24, 2.45) is 5.92 Å². The van der Waals surface area contributed by atoms with E-state index in [1.165, 1.54) is 0 Å². The molecule has 0 aliphatic heterocycles. The van der Waals surface area contributed by atoms with E-state index in [0.717, 1.165) is 30.0 Å². The quantitative estimate of drug-likeness (QED) is 0.897. The van der Waals surface area contributed by atoms with Crippen molar-refractivity contribution in [1.29, 1.82) is 0 Å². The Kier molecular flexibility index (Phi) is 3.69. The fraction of sp³-hybridized carbons (Fsp3) is 0.462. The maximum atomic E-state index is 10.9. The van der Waals surface area contributed by atoms with E-state index in [9.17, 15) is 4.79 Å². The minimum atomic E-state index is -0.677. The number of carboxylic acid groups (broad SMARTS) is 1. The van der Waals surface area contributed by atoms with Gasteiger partial charge in [-0.25, -0.2) is 0 Å². The van der Waals surface area contributed by atoms with Crippen LogP contribution in [-0.4, -0.2) is 29.1 Å². The highest BCUT2D eigenvalue weighted by atomic mass is 35.5. The van der Waals surface area contributed by atoms with Gasteiger partial charge in [-0.2, -0.15) is 0 Å². The van der Waals surface area contributed by atoms with Gasteiger partial charge >= 0.3 is 5.97 Å². The zero-order valence-corrected chi connectivity index (χ0v) is 10.5. The molecule has 0 heterocycles. The molecular weight excluding hydrogens is 238 g/mol. The number of rotatable bonds is 4. The van der Waals surface area contributed by atoms with Crippen LogP contribution in [0.4, 0.5) is 0 Å². The molecule has 1 aliphatic rings. The fourth-order valence-corrected chi connectivity index (χ4v) is 2.42. The molecule has 1 fully saturated rings. The Balaban J connectivity index is 1.95. The normalized spacial score (nSPS) is 23.5. The van der Waals surface area contributed by atoms with E-state index < -0.39 is 5.97 Å². The lowest BCUT2D eigenvalue weighted by Gasteiger charge is -2.40. The van der Waals surface area contributed by atoms with Crippen LogP contribution >= 0.6 is 11.6 Å². The monoisotopic (exact) mass is 253 g/mol. The molecule has 2 rings (SSSR count). The summed E-state index contributed by atoms with van der Waals surface area (Å²) in [6.07, 6.45) is 1.77. The summed E-state index contributed by atoms with van der Waals surface area (Å²) in [5, 5.41) is 9.74. The van der Waals surface area contributed by atoms with Gasteiger partial charge in [-0.05, 0) is 37.6 Å². The first kappa shape index (κ1) is 12.4. The third-order valence-corrected chi connectivity index (χ3v) is 3.72. The van der Waals surface area contributed by atoms with Gasteiger partial charge in [-0.15, -0.1) is 0 Å². The van der Waals surface area contributed by atoms with E-state index in [1.807, 2.05) is 31.3 Å². The van der Waals surface area contributed by atoms with Crippen molar-refractivity contribution in [3.05, 3.63) is 34.9 Å². The second-order valence-electron chi connectivity index (χ2n) is 4.63. The first-order chi connectivity index (χ1) is 8.08. The summed E-state index contributed by atoms with van der Waals surface area (Å²) < 4.78 is 0. The molecule has 2 atom stereocenters. The van der Waals surface area contributed by atoms with Crippen molar-refractivity contribution in [3.63, 3.8) is 0 Å². The van der Waals surface area contributed by atoms with E-state index in [0.29, 0.717) is 0 Å². The minimum Gasteiger partial charge on any atom is -0.481 e. The summed E-state index contributed by atoms with van der Waals surface area (Å²) in [4.78, 5) is 13.1. The zero-order valence-electron chi connectivity index (χ0n) is 9.77. The highest BCUT2D eigenvalue weighted by Gasteiger charge is 2.38. The van der Waals surface area contributed by atoms with Crippen LogP contribution in [-0.2, 0) is 11.3 Å². The lowest BCUT2D eigenvalue weighted by Crippen LogP contribution is -2.48. The third kappa shape index (κ3) is 2.79. The molecular formula is C13H16ClNO2. The van der Waals surface area contributed by atoms with Gasteiger partial charge in [-0.3, -0.25) is 9.69 Å². The van der Waals surface area contributed by atoms with Gasteiger partial charge in [0, 0.05) is 17.6 Å². The summed E-state index contributed by atoms with van der Waals surface area (Å²) in [5.74, 6) is -0.878. The summed E-state index contributed by atoms with van der Waals surface area (Å²) in [5.41, 5.74) is 1.16. The number of nitrogens with zero attached hydrogens (tertiary/aromatic N) is 1. The molecule has 17 heavy (non-hydrogen) atoms. The van der Waals surface area contributed by atoms with Crippen LogP contribution in [0.15, 0.2) is 24.3 Å². The number of aliphatic carboxylic acids is 1. The van der Waals surface area contributed by atoms with Crippen LogP contribution in [0.3, 0.4) is 0 Å². The first-order valence-corrected chi connectivity index (χ1v) is 6.13. The Morgan fingerprint density at radius 2 is 2.06 bits per heavy atom. The highest BCUT2D eigenvalue weighted by molar-refractivity contribution is 6.30. The summed E-state index contributed by atoms with van der Waals surface area (Å²) in [6.45, 7) is 0.769. The van der Waals surface area contributed by atoms with Crippen molar-refractivity contribution in [2.75, 3.05) is 7.05 Å². The van der Waals surface area contributed by atoms with Crippen LogP contribution < -0.4 is 0 Å². The fourth-order valence-electron chi connectivity index (χ4n) is 2.29. The maximum absolute atomic E-state index is 10.9. The van der Waals surface area contributed by atoms with E-state index in [2.05, 4.69) is 4.90 Å². The number of benzene rings is 1. The van der Waals surface area contributed by atoms with Crippen LogP contribution in [0.1, 0.15) is 18.4 Å². The zero-order chi connectivity index (χ0) is 12.4. The molecule has 1 saturated carbocycles. The molecule has 0 aromatic heterocycles. The molecule has 0 spiro atoms. The predicted molar refractivity (Wildman–Crippen MR) is 67.1 cm³/mol. The lowest BCUT2D eigenvalue weighted by molar-refractivity contribution is -0.148. The molecule has 1 aromatic rings. The molecule has 0 saturated heterocycles. The standard InChI is InChI=1S/C13H16ClNO2/c1-15(12-7-6-11(12)13(16)17)8-9-2-4-10(14)5-3-9/h2-5,11-12H,6-8H2,1H3,(H,16,17). The molecule has 0 radical (unpaired) electrons. The van der Waals surface area contributed by atoms with Gasteiger partial charge in [-0.1, -0.05) is 23.7 Å². The third-order valence-electron chi connectivity index (χ3n) is 3.47. The average molecular weight is 254 g/mol. The number of halogens is 1. The molecule has 2 unspecified atom stereocenters. The van der Waals surface area contributed by atoms with E-state index in [1.54, 1.807) is 0 Å². The Morgan fingerprint density at radius 1 is 1.41 bits per heavy atom. The van der Waals surface area contributed by atoms with Crippen molar-refractivity contribution in [1.82, 2.24) is 4.90 Å². The van der Waals surface area contributed by atoms with Crippen LogP contribution in [0.25, 0.3) is 0 Å². The van der Waals surface area contributed by atoms with Gasteiger partial charge in [0.1, 0.15) is 0 Å². The SMILES string of the molecule is CN(Cc1ccc(Cl)cc1)C1CCC1C(=O)O. The summed E-state index contributed by atoms with van der Waals surface area (Å²) in [7, 11) is 1.98.